The van der Waals surface area contributed by atoms with Crippen molar-refractivity contribution >= 4 is 23.0 Å². The van der Waals surface area contributed by atoms with Gasteiger partial charge in [-0.1, -0.05) is 55.0 Å². The minimum Gasteiger partial charge on any atom is -0.494 e. The highest BCUT2D eigenvalue weighted by atomic mass is 19.1. The van der Waals surface area contributed by atoms with Gasteiger partial charge in [-0.2, -0.15) is 0 Å². The molecule has 0 saturated carbocycles. The van der Waals surface area contributed by atoms with Gasteiger partial charge >= 0.3 is 0 Å². The van der Waals surface area contributed by atoms with Gasteiger partial charge in [0.1, 0.15) is 5.82 Å². The number of piperazine rings is 1. The molecule has 0 radical (unpaired) electrons. The average Bonchev–Trinajstić information content (AvgIpc) is 2.99. The van der Waals surface area contributed by atoms with Crippen molar-refractivity contribution in [3.63, 3.8) is 0 Å². The Balaban J connectivity index is 1.51. The Kier molecular flexibility index (Phi) is 8.90. The van der Waals surface area contributed by atoms with Crippen LogP contribution in [0.5, 0.6) is 5.75 Å². The van der Waals surface area contributed by atoms with Crippen LogP contribution >= 0.6 is 0 Å². The zero-order valence-electron chi connectivity index (χ0n) is 22.2. The molecule has 6 nitrogen and oxygen atoms in total. The molecule has 0 unspecified atom stereocenters. The summed E-state index contributed by atoms with van der Waals surface area (Å²) in [5, 5.41) is 0. The molecule has 0 spiro atoms. The summed E-state index contributed by atoms with van der Waals surface area (Å²) in [6.45, 7) is 8.39. The number of allylic oxidation sites excluding steroid dienone is 4. The average molecular weight is 523 g/mol. The molecule has 7 heteroatoms. The molecule has 0 bridgehead atoms. The zero-order valence-corrected chi connectivity index (χ0v) is 22.2. The number of hydrogen-bond donors (Lipinski definition) is 0. The lowest BCUT2D eigenvalue weighted by atomic mass is 9.94. The lowest BCUT2D eigenvalue weighted by molar-refractivity contribution is -0.130. The van der Waals surface area contributed by atoms with Crippen LogP contribution in [0.1, 0.15) is 23.1 Å². The molecular formula is C32H31FN4O2. The van der Waals surface area contributed by atoms with Crippen molar-refractivity contribution in [1.29, 1.82) is 0 Å². The Morgan fingerprint density at radius 3 is 2.41 bits per heavy atom. The molecular weight excluding hydrogens is 491 g/mol. The number of halogens is 1. The molecule has 1 amide bonds. The maximum absolute atomic E-state index is 13.9. The first kappa shape index (κ1) is 27.3. The smallest absolute Gasteiger partial charge is 0.226 e. The first-order chi connectivity index (χ1) is 18.9. The number of aromatic nitrogens is 2. The topological polar surface area (TPSA) is 58.6 Å². The van der Waals surface area contributed by atoms with Gasteiger partial charge in [-0.15, -0.1) is 6.42 Å². The van der Waals surface area contributed by atoms with E-state index >= 15 is 0 Å². The number of terminal acetylenes is 1. The molecule has 0 aliphatic carbocycles. The molecule has 1 saturated heterocycles. The minimum absolute atomic E-state index is 0.0111. The molecule has 3 aromatic rings. The van der Waals surface area contributed by atoms with Crippen LogP contribution in [-0.4, -0.2) is 54.1 Å². The summed E-state index contributed by atoms with van der Waals surface area (Å²) in [4.78, 5) is 25.8. The molecule has 1 aromatic heterocycles. The van der Waals surface area contributed by atoms with Gasteiger partial charge in [0.05, 0.1) is 19.5 Å². The highest BCUT2D eigenvalue weighted by Crippen LogP contribution is 2.27. The van der Waals surface area contributed by atoms with Crippen molar-refractivity contribution in [2.75, 3.05) is 38.2 Å². The fraction of sp³-hybridized carbons (Fsp3) is 0.219. The van der Waals surface area contributed by atoms with Gasteiger partial charge in [0.15, 0.2) is 5.75 Å². The highest BCUT2D eigenvalue weighted by Gasteiger charge is 2.22. The Morgan fingerprint density at radius 2 is 1.79 bits per heavy atom. The number of carbonyl (C=O) groups is 1. The fourth-order valence-corrected chi connectivity index (χ4v) is 4.31. The second-order valence-electron chi connectivity index (χ2n) is 9.17. The second kappa shape index (κ2) is 12.7. The SMILES string of the molecule is C#C/C(=C\C(=C\CC(=O)N1CCN(c2ncc(OC)cn2)CC1)C(=C)c1ccccc1)c1ccc(F)c(C)c1. The van der Waals surface area contributed by atoms with Crippen molar-refractivity contribution in [3.05, 3.63) is 108 Å². The normalized spacial score (nSPS) is 14.1. The van der Waals surface area contributed by atoms with Gasteiger partial charge in [-0.3, -0.25) is 4.79 Å². The molecule has 0 N–H and O–H groups in total. The molecule has 198 valence electrons. The lowest BCUT2D eigenvalue weighted by Gasteiger charge is -2.34. The summed E-state index contributed by atoms with van der Waals surface area (Å²) in [5.74, 6) is 3.66. The quantitative estimate of drug-likeness (QED) is 0.296. The Hall–Kier alpha value is -4.70. The third kappa shape index (κ3) is 6.79. The number of ether oxygens (including phenoxy) is 1. The number of benzene rings is 2. The van der Waals surface area contributed by atoms with Gasteiger partial charge in [-0.25, -0.2) is 14.4 Å². The highest BCUT2D eigenvalue weighted by molar-refractivity contribution is 5.89. The molecule has 1 aliphatic heterocycles. The molecule has 1 aliphatic rings. The van der Waals surface area contributed by atoms with Crippen LogP contribution in [0, 0.1) is 25.1 Å². The lowest BCUT2D eigenvalue weighted by Crippen LogP contribution is -2.49. The van der Waals surface area contributed by atoms with Crippen LogP contribution < -0.4 is 9.64 Å². The monoisotopic (exact) mass is 522 g/mol. The Labute approximate surface area is 229 Å². The van der Waals surface area contributed by atoms with Gasteiger partial charge in [0.2, 0.25) is 11.9 Å². The number of aryl methyl sites for hydroxylation is 1. The number of hydrogen-bond acceptors (Lipinski definition) is 5. The molecule has 39 heavy (non-hydrogen) atoms. The van der Waals surface area contributed by atoms with Crippen LogP contribution in [-0.2, 0) is 4.79 Å². The molecule has 2 heterocycles. The summed E-state index contributed by atoms with van der Waals surface area (Å²) in [7, 11) is 1.57. The summed E-state index contributed by atoms with van der Waals surface area (Å²) in [6, 6.07) is 14.5. The van der Waals surface area contributed by atoms with E-state index in [9.17, 15) is 9.18 Å². The van der Waals surface area contributed by atoms with Crippen molar-refractivity contribution in [2.24, 2.45) is 0 Å². The predicted octanol–water partition coefficient (Wildman–Crippen LogP) is 5.33. The number of carbonyl (C=O) groups excluding carboxylic acids is 1. The van der Waals surface area contributed by atoms with Crippen molar-refractivity contribution in [1.82, 2.24) is 14.9 Å². The third-order valence-corrected chi connectivity index (χ3v) is 6.66. The summed E-state index contributed by atoms with van der Waals surface area (Å²) in [5.41, 5.74) is 4.24. The maximum Gasteiger partial charge on any atom is 0.226 e. The van der Waals surface area contributed by atoms with E-state index in [0.29, 0.717) is 49.0 Å². The largest absolute Gasteiger partial charge is 0.494 e. The van der Waals surface area contributed by atoms with E-state index < -0.39 is 0 Å². The maximum atomic E-state index is 13.9. The van der Waals surface area contributed by atoms with Gasteiger partial charge in [-0.05, 0) is 53.0 Å². The van der Waals surface area contributed by atoms with E-state index in [1.165, 1.54) is 6.07 Å². The molecule has 1 fully saturated rings. The van der Waals surface area contributed by atoms with E-state index in [4.69, 9.17) is 11.2 Å². The fourth-order valence-electron chi connectivity index (χ4n) is 4.31. The van der Waals surface area contributed by atoms with Crippen molar-refractivity contribution in [2.45, 2.75) is 13.3 Å². The van der Waals surface area contributed by atoms with Crippen LogP contribution in [0.2, 0.25) is 0 Å². The van der Waals surface area contributed by atoms with E-state index in [-0.39, 0.29) is 18.1 Å². The van der Waals surface area contributed by atoms with Crippen molar-refractivity contribution < 1.29 is 13.9 Å². The third-order valence-electron chi connectivity index (χ3n) is 6.66. The first-order valence-electron chi connectivity index (χ1n) is 12.7. The van der Waals surface area contributed by atoms with E-state index in [1.807, 2.05) is 52.3 Å². The van der Waals surface area contributed by atoms with Crippen LogP contribution in [0.15, 0.2) is 85.2 Å². The number of nitrogens with zero attached hydrogens (tertiary/aromatic N) is 4. The number of rotatable bonds is 8. The zero-order chi connectivity index (χ0) is 27.8. The first-order valence-corrected chi connectivity index (χ1v) is 12.7. The van der Waals surface area contributed by atoms with E-state index in [0.717, 1.165) is 22.3 Å². The molecule has 0 atom stereocenters. The summed E-state index contributed by atoms with van der Waals surface area (Å²) >= 11 is 0. The van der Waals surface area contributed by atoms with Crippen LogP contribution in [0.3, 0.4) is 0 Å². The van der Waals surface area contributed by atoms with Gasteiger partial charge in [0, 0.05) is 38.2 Å². The van der Waals surface area contributed by atoms with Crippen LogP contribution in [0.4, 0.5) is 10.3 Å². The van der Waals surface area contributed by atoms with Gasteiger partial charge in [0.25, 0.3) is 0 Å². The van der Waals surface area contributed by atoms with E-state index in [1.54, 1.807) is 38.6 Å². The van der Waals surface area contributed by atoms with E-state index in [2.05, 4.69) is 22.5 Å². The summed E-state index contributed by atoms with van der Waals surface area (Å²) in [6.07, 6.45) is 13.0. The minimum atomic E-state index is -0.288. The number of methoxy groups -OCH3 is 1. The number of anilines is 1. The Morgan fingerprint density at radius 1 is 1.10 bits per heavy atom. The molecule has 4 rings (SSSR count). The van der Waals surface area contributed by atoms with Gasteiger partial charge < -0.3 is 14.5 Å². The van der Waals surface area contributed by atoms with Crippen molar-refractivity contribution in [3.8, 4) is 18.1 Å². The number of amides is 1. The Bertz CT molecular complexity index is 1430. The standard InChI is InChI=1S/C32H31FN4O2/c1-5-25(28-11-13-30(33)23(2)19-28)20-27(24(3)26-9-7-6-8-10-26)12-14-31(38)36-15-17-37(18-16-36)32-34-21-29(39-4)22-35-32/h1,6-13,19-22H,3,14-18H2,2,4H3/b25-20+,27-12-. The molecule has 2 aromatic carbocycles. The second-order valence-corrected chi connectivity index (χ2v) is 9.17. The predicted molar refractivity (Wildman–Crippen MR) is 153 cm³/mol. The van der Waals surface area contributed by atoms with Crippen LogP contribution in [0.25, 0.3) is 11.1 Å². The summed E-state index contributed by atoms with van der Waals surface area (Å²) < 4.78 is 19.0.